The Kier molecular flexibility index (Phi) is 4.09. The number of aromatic amines is 1. The first kappa shape index (κ1) is 12.0. The summed E-state index contributed by atoms with van der Waals surface area (Å²) in [6.45, 7) is 0.739. The zero-order valence-electron chi connectivity index (χ0n) is 9.82. The Labute approximate surface area is 105 Å². The predicted octanol–water partition coefficient (Wildman–Crippen LogP) is 2.65. The van der Waals surface area contributed by atoms with Gasteiger partial charge in [-0.05, 0) is 42.0 Å². The topological polar surface area (TPSA) is 44.9 Å². The number of thioether (sulfide) groups is 1. The summed E-state index contributed by atoms with van der Waals surface area (Å²) in [5.74, 6) is 1.08. The number of hydrogen-bond acceptors (Lipinski definition) is 2. The normalized spacial score (nSPS) is 10.6. The van der Waals surface area contributed by atoms with E-state index in [1.54, 1.807) is 11.8 Å². The maximum absolute atomic E-state index is 11.8. The molecule has 2 rings (SSSR count). The van der Waals surface area contributed by atoms with Crippen molar-refractivity contribution in [3.63, 3.8) is 0 Å². The summed E-state index contributed by atoms with van der Waals surface area (Å²) in [6.07, 6.45) is 4.96. The van der Waals surface area contributed by atoms with Crippen molar-refractivity contribution >= 4 is 28.6 Å². The van der Waals surface area contributed by atoms with Gasteiger partial charge in [0, 0.05) is 23.8 Å². The monoisotopic (exact) mass is 248 g/mol. The molecule has 1 amide bonds. The molecular formula is C13H16N2OS. The fourth-order valence-corrected chi connectivity index (χ4v) is 2.14. The highest BCUT2D eigenvalue weighted by molar-refractivity contribution is 7.98. The molecule has 0 aliphatic carbocycles. The average molecular weight is 248 g/mol. The van der Waals surface area contributed by atoms with E-state index in [9.17, 15) is 4.79 Å². The lowest BCUT2D eigenvalue weighted by Crippen LogP contribution is -2.24. The lowest BCUT2D eigenvalue weighted by atomic mass is 10.1. The van der Waals surface area contributed by atoms with Gasteiger partial charge in [0.05, 0.1) is 0 Å². The van der Waals surface area contributed by atoms with Crippen LogP contribution in [0.1, 0.15) is 16.8 Å². The Morgan fingerprint density at radius 3 is 3.12 bits per heavy atom. The summed E-state index contributed by atoms with van der Waals surface area (Å²) < 4.78 is 0. The number of H-pyrrole nitrogens is 1. The predicted molar refractivity (Wildman–Crippen MR) is 73.6 cm³/mol. The molecule has 3 nitrogen and oxygen atoms in total. The highest BCUT2D eigenvalue weighted by Gasteiger charge is 2.05. The van der Waals surface area contributed by atoms with Crippen LogP contribution in [0.5, 0.6) is 0 Å². The number of nitrogens with one attached hydrogen (secondary N) is 2. The highest BCUT2D eigenvalue weighted by Crippen LogP contribution is 2.13. The standard InChI is InChI=1S/C13H16N2OS/c1-17-8-2-6-15-13(16)11-4-3-10-5-7-14-12(10)9-11/h3-5,7,9,14H,2,6,8H2,1H3,(H,15,16). The van der Waals surface area contributed by atoms with E-state index >= 15 is 0 Å². The smallest absolute Gasteiger partial charge is 0.251 e. The lowest BCUT2D eigenvalue weighted by molar-refractivity contribution is 0.0954. The van der Waals surface area contributed by atoms with Crippen LogP contribution >= 0.6 is 11.8 Å². The summed E-state index contributed by atoms with van der Waals surface area (Å²) in [4.78, 5) is 14.9. The van der Waals surface area contributed by atoms with E-state index in [0.717, 1.165) is 29.6 Å². The minimum absolute atomic E-state index is 0.00241. The van der Waals surface area contributed by atoms with Crippen LogP contribution in [0, 0.1) is 0 Å². The first-order valence-electron chi connectivity index (χ1n) is 5.65. The van der Waals surface area contributed by atoms with Crippen LogP contribution in [0.3, 0.4) is 0 Å². The van der Waals surface area contributed by atoms with E-state index in [4.69, 9.17) is 0 Å². The van der Waals surface area contributed by atoms with Gasteiger partial charge in [0.2, 0.25) is 0 Å². The van der Waals surface area contributed by atoms with Crippen molar-refractivity contribution in [2.75, 3.05) is 18.6 Å². The summed E-state index contributed by atoms with van der Waals surface area (Å²) in [5, 5.41) is 4.05. The molecule has 0 saturated carbocycles. The molecule has 4 heteroatoms. The molecule has 1 heterocycles. The van der Waals surface area contributed by atoms with E-state index in [1.165, 1.54) is 0 Å². The minimum atomic E-state index is 0.00241. The number of rotatable bonds is 5. The van der Waals surface area contributed by atoms with Gasteiger partial charge in [-0.2, -0.15) is 11.8 Å². The first-order valence-corrected chi connectivity index (χ1v) is 7.05. The first-order chi connectivity index (χ1) is 8.31. The number of carbonyl (C=O) groups is 1. The number of fused-ring (bicyclic) bond motifs is 1. The summed E-state index contributed by atoms with van der Waals surface area (Å²) in [7, 11) is 0. The third kappa shape index (κ3) is 3.03. The molecule has 0 radical (unpaired) electrons. The third-order valence-electron chi connectivity index (χ3n) is 2.63. The molecule has 1 aromatic heterocycles. The number of aromatic nitrogens is 1. The molecule has 2 aromatic rings. The lowest BCUT2D eigenvalue weighted by Gasteiger charge is -2.04. The van der Waals surface area contributed by atoms with Crippen LogP contribution in [0.2, 0.25) is 0 Å². The second kappa shape index (κ2) is 5.77. The van der Waals surface area contributed by atoms with Gasteiger partial charge in [-0.15, -0.1) is 0 Å². The van der Waals surface area contributed by atoms with Gasteiger partial charge < -0.3 is 10.3 Å². The minimum Gasteiger partial charge on any atom is -0.361 e. The average Bonchev–Trinajstić information content (AvgIpc) is 2.81. The Morgan fingerprint density at radius 1 is 1.41 bits per heavy atom. The quantitative estimate of drug-likeness (QED) is 0.799. The van der Waals surface area contributed by atoms with Crippen molar-refractivity contribution in [1.29, 1.82) is 0 Å². The Morgan fingerprint density at radius 2 is 2.29 bits per heavy atom. The highest BCUT2D eigenvalue weighted by atomic mass is 32.2. The maximum Gasteiger partial charge on any atom is 0.251 e. The van der Waals surface area contributed by atoms with Crippen molar-refractivity contribution in [3.8, 4) is 0 Å². The van der Waals surface area contributed by atoms with E-state index in [0.29, 0.717) is 5.56 Å². The molecule has 0 saturated heterocycles. The molecule has 0 atom stereocenters. The van der Waals surface area contributed by atoms with Crippen molar-refractivity contribution in [2.45, 2.75) is 6.42 Å². The summed E-state index contributed by atoms with van der Waals surface area (Å²) in [6, 6.07) is 7.71. The van der Waals surface area contributed by atoms with Gasteiger partial charge in [0.1, 0.15) is 0 Å². The van der Waals surface area contributed by atoms with Crippen LogP contribution in [0.15, 0.2) is 30.5 Å². The molecule has 0 spiro atoms. The van der Waals surface area contributed by atoms with Crippen molar-refractivity contribution in [1.82, 2.24) is 10.3 Å². The SMILES string of the molecule is CSCCCNC(=O)c1ccc2cc[nH]c2c1. The molecule has 0 bridgehead atoms. The Hall–Kier alpha value is -1.42. The fourth-order valence-electron chi connectivity index (χ4n) is 1.71. The zero-order valence-corrected chi connectivity index (χ0v) is 10.6. The van der Waals surface area contributed by atoms with Crippen molar-refractivity contribution in [3.05, 3.63) is 36.0 Å². The van der Waals surface area contributed by atoms with Crippen LogP contribution in [0.4, 0.5) is 0 Å². The third-order valence-corrected chi connectivity index (χ3v) is 3.32. The summed E-state index contributed by atoms with van der Waals surface area (Å²) in [5.41, 5.74) is 1.71. The molecule has 0 aliphatic rings. The number of carbonyl (C=O) groups excluding carboxylic acids is 1. The Balaban J connectivity index is 1.98. The van der Waals surface area contributed by atoms with E-state index in [-0.39, 0.29) is 5.91 Å². The molecule has 0 aliphatic heterocycles. The van der Waals surface area contributed by atoms with Crippen molar-refractivity contribution in [2.24, 2.45) is 0 Å². The van der Waals surface area contributed by atoms with E-state index in [1.807, 2.05) is 30.5 Å². The van der Waals surface area contributed by atoms with Crippen LogP contribution in [-0.2, 0) is 0 Å². The van der Waals surface area contributed by atoms with Crippen LogP contribution in [0.25, 0.3) is 10.9 Å². The maximum atomic E-state index is 11.8. The van der Waals surface area contributed by atoms with E-state index < -0.39 is 0 Å². The van der Waals surface area contributed by atoms with Crippen LogP contribution < -0.4 is 5.32 Å². The van der Waals surface area contributed by atoms with Gasteiger partial charge in [-0.25, -0.2) is 0 Å². The molecule has 17 heavy (non-hydrogen) atoms. The largest absolute Gasteiger partial charge is 0.361 e. The fraction of sp³-hybridized carbons (Fsp3) is 0.308. The summed E-state index contributed by atoms with van der Waals surface area (Å²) >= 11 is 1.80. The van der Waals surface area contributed by atoms with Gasteiger partial charge in [0.15, 0.2) is 0 Å². The van der Waals surface area contributed by atoms with Crippen molar-refractivity contribution < 1.29 is 4.79 Å². The van der Waals surface area contributed by atoms with E-state index in [2.05, 4.69) is 16.6 Å². The van der Waals surface area contributed by atoms with Gasteiger partial charge in [0.25, 0.3) is 5.91 Å². The second-order valence-electron chi connectivity index (χ2n) is 3.88. The van der Waals surface area contributed by atoms with Gasteiger partial charge in [-0.3, -0.25) is 4.79 Å². The second-order valence-corrected chi connectivity index (χ2v) is 4.87. The molecule has 2 N–H and O–H groups in total. The molecule has 0 unspecified atom stereocenters. The molecule has 0 fully saturated rings. The number of amides is 1. The van der Waals surface area contributed by atoms with Gasteiger partial charge in [-0.1, -0.05) is 6.07 Å². The molecule has 1 aromatic carbocycles. The zero-order chi connectivity index (χ0) is 12.1. The van der Waals surface area contributed by atoms with Gasteiger partial charge >= 0.3 is 0 Å². The number of hydrogen-bond donors (Lipinski definition) is 2. The van der Waals surface area contributed by atoms with Crippen LogP contribution in [-0.4, -0.2) is 29.4 Å². The number of benzene rings is 1. The Bertz CT molecular complexity index is 507. The molecule has 90 valence electrons. The molecular weight excluding hydrogens is 232 g/mol.